The molecule has 0 radical (unpaired) electrons. The van der Waals surface area contributed by atoms with Crippen molar-refractivity contribution in [1.29, 1.82) is 0 Å². The smallest absolute Gasteiger partial charge is 0.273 e. The summed E-state index contributed by atoms with van der Waals surface area (Å²) in [4.78, 5) is 22.2. The molecule has 0 bridgehead atoms. The van der Waals surface area contributed by atoms with E-state index in [-0.39, 0.29) is 23.9 Å². The number of nitrogens with zero attached hydrogens (tertiary/aromatic N) is 1. The highest BCUT2D eigenvalue weighted by Crippen LogP contribution is 2.21. The lowest BCUT2D eigenvalue weighted by Crippen LogP contribution is -2.37. The van der Waals surface area contributed by atoms with Gasteiger partial charge in [0.05, 0.1) is 17.6 Å². The summed E-state index contributed by atoms with van der Waals surface area (Å²) >= 11 is 0. The van der Waals surface area contributed by atoms with Crippen LogP contribution in [0.3, 0.4) is 0 Å². The van der Waals surface area contributed by atoms with Crippen LogP contribution >= 0.6 is 0 Å². The number of carbonyl (C=O) groups is 1. The molecule has 0 unspecified atom stereocenters. The summed E-state index contributed by atoms with van der Waals surface area (Å²) < 4.78 is 0. The van der Waals surface area contributed by atoms with E-state index in [1.165, 1.54) is 25.1 Å². The quantitative estimate of drug-likeness (QED) is 0.612. The molecule has 0 saturated heterocycles. The third kappa shape index (κ3) is 3.04. The van der Waals surface area contributed by atoms with Crippen molar-refractivity contribution < 1.29 is 14.8 Å². The van der Waals surface area contributed by atoms with Crippen molar-refractivity contribution in [3.05, 3.63) is 39.4 Å². The molecule has 0 spiro atoms. The van der Waals surface area contributed by atoms with Crippen LogP contribution in [0.5, 0.6) is 0 Å². The number of nitrogens with one attached hydrogen (secondary N) is 1. The maximum absolute atomic E-state index is 11.9. The van der Waals surface area contributed by atoms with Crippen molar-refractivity contribution in [2.45, 2.75) is 26.3 Å². The zero-order chi connectivity index (χ0) is 13.7. The summed E-state index contributed by atoms with van der Waals surface area (Å²) in [6.45, 7) is 3.21. The maximum Gasteiger partial charge on any atom is 0.273 e. The van der Waals surface area contributed by atoms with Crippen molar-refractivity contribution in [3.8, 4) is 0 Å². The van der Waals surface area contributed by atoms with E-state index in [2.05, 4.69) is 5.32 Å². The average molecular weight is 252 g/mol. The highest BCUT2D eigenvalue weighted by atomic mass is 16.6. The molecule has 0 aliphatic heterocycles. The van der Waals surface area contributed by atoms with Gasteiger partial charge in [-0.25, -0.2) is 0 Å². The van der Waals surface area contributed by atoms with E-state index in [1.54, 1.807) is 0 Å². The molecule has 6 nitrogen and oxygen atoms in total. The fraction of sp³-hybridized carbons (Fsp3) is 0.417. The monoisotopic (exact) mass is 252 g/mol. The first-order valence-electron chi connectivity index (χ1n) is 5.67. The molecule has 0 aromatic heterocycles. The summed E-state index contributed by atoms with van der Waals surface area (Å²) in [5, 5.41) is 22.4. The Kier molecular flexibility index (Phi) is 4.79. The van der Waals surface area contributed by atoms with E-state index in [0.29, 0.717) is 12.0 Å². The first-order chi connectivity index (χ1) is 8.51. The second kappa shape index (κ2) is 6.11. The van der Waals surface area contributed by atoms with Gasteiger partial charge in [-0.1, -0.05) is 13.0 Å². The minimum atomic E-state index is -0.518. The summed E-state index contributed by atoms with van der Waals surface area (Å²) in [6.07, 6.45) is 0.593. The molecule has 98 valence electrons. The molecule has 0 aliphatic carbocycles. The van der Waals surface area contributed by atoms with Gasteiger partial charge in [-0.3, -0.25) is 14.9 Å². The van der Waals surface area contributed by atoms with Gasteiger partial charge in [0.15, 0.2) is 0 Å². The van der Waals surface area contributed by atoms with E-state index < -0.39 is 10.8 Å². The Labute approximate surface area is 105 Å². The molecule has 2 N–H and O–H groups in total. The molecule has 1 aromatic rings. The van der Waals surface area contributed by atoms with Crippen LogP contribution < -0.4 is 5.32 Å². The van der Waals surface area contributed by atoms with Crippen LogP contribution in [0.25, 0.3) is 0 Å². The molecule has 1 aromatic carbocycles. The van der Waals surface area contributed by atoms with Gasteiger partial charge in [-0.2, -0.15) is 0 Å². The van der Waals surface area contributed by atoms with Gasteiger partial charge in [-0.05, 0) is 19.4 Å². The van der Waals surface area contributed by atoms with Crippen molar-refractivity contribution in [2.75, 3.05) is 6.61 Å². The van der Waals surface area contributed by atoms with Gasteiger partial charge in [0.2, 0.25) is 0 Å². The molecular weight excluding hydrogens is 236 g/mol. The standard InChI is InChI=1S/C12H16N2O4/c1-3-9(7-15)13-12(16)10-5-4-6-11(8(10)2)14(17)18/h4-6,9,15H,3,7H2,1-2H3,(H,13,16)/t9-/m0/s1. The number of aliphatic hydroxyl groups excluding tert-OH is 1. The highest BCUT2D eigenvalue weighted by molar-refractivity contribution is 5.96. The van der Waals surface area contributed by atoms with Crippen LogP contribution in [0.15, 0.2) is 18.2 Å². The topological polar surface area (TPSA) is 92.5 Å². The van der Waals surface area contributed by atoms with Gasteiger partial charge in [-0.15, -0.1) is 0 Å². The number of hydrogen-bond acceptors (Lipinski definition) is 4. The zero-order valence-corrected chi connectivity index (χ0v) is 10.3. The number of benzene rings is 1. The maximum atomic E-state index is 11.9. The third-order valence-electron chi connectivity index (χ3n) is 2.79. The third-order valence-corrected chi connectivity index (χ3v) is 2.79. The molecule has 6 heteroatoms. The van der Waals surface area contributed by atoms with E-state index in [0.717, 1.165) is 0 Å². The number of nitro groups is 1. The minimum Gasteiger partial charge on any atom is -0.394 e. The Hall–Kier alpha value is -1.95. The Bertz CT molecular complexity index is 455. The van der Waals surface area contributed by atoms with E-state index in [4.69, 9.17) is 5.11 Å². The lowest BCUT2D eigenvalue weighted by molar-refractivity contribution is -0.385. The predicted octanol–water partition coefficient (Wildman–Crippen LogP) is 1.40. The zero-order valence-electron chi connectivity index (χ0n) is 10.3. The number of aliphatic hydroxyl groups is 1. The Morgan fingerprint density at radius 2 is 2.22 bits per heavy atom. The summed E-state index contributed by atoms with van der Waals surface area (Å²) in [5.41, 5.74) is 0.503. The number of rotatable bonds is 5. The van der Waals surface area contributed by atoms with Crippen molar-refractivity contribution in [2.24, 2.45) is 0 Å². The first kappa shape index (κ1) is 14.1. The highest BCUT2D eigenvalue weighted by Gasteiger charge is 2.19. The molecule has 0 heterocycles. The lowest BCUT2D eigenvalue weighted by Gasteiger charge is -2.14. The molecular formula is C12H16N2O4. The van der Waals surface area contributed by atoms with Gasteiger partial charge < -0.3 is 10.4 Å². The van der Waals surface area contributed by atoms with E-state index in [9.17, 15) is 14.9 Å². The van der Waals surface area contributed by atoms with Crippen molar-refractivity contribution in [3.63, 3.8) is 0 Å². The number of hydrogen-bond donors (Lipinski definition) is 2. The van der Waals surface area contributed by atoms with Crippen molar-refractivity contribution in [1.82, 2.24) is 5.32 Å². The van der Waals surface area contributed by atoms with Crippen LogP contribution in [-0.2, 0) is 0 Å². The van der Waals surface area contributed by atoms with Crippen LogP contribution in [0.4, 0.5) is 5.69 Å². The van der Waals surface area contributed by atoms with Crippen LogP contribution in [0, 0.1) is 17.0 Å². The lowest BCUT2D eigenvalue weighted by atomic mass is 10.1. The Morgan fingerprint density at radius 3 is 2.72 bits per heavy atom. The second-order valence-electron chi connectivity index (χ2n) is 3.97. The fourth-order valence-electron chi connectivity index (χ4n) is 1.61. The van der Waals surface area contributed by atoms with Crippen LogP contribution in [-0.4, -0.2) is 28.6 Å². The van der Waals surface area contributed by atoms with E-state index in [1.807, 2.05) is 6.92 Å². The van der Waals surface area contributed by atoms with Crippen molar-refractivity contribution >= 4 is 11.6 Å². The second-order valence-corrected chi connectivity index (χ2v) is 3.97. The Morgan fingerprint density at radius 1 is 1.56 bits per heavy atom. The predicted molar refractivity (Wildman–Crippen MR) is 66.5 cm³/mol. The van der Waals surface area contributed by atoms with Gasteiger partial charge in [0.1, 0.15) is 0 Å². The molecule has 1 atom stereocenters. The van der Waals surface area contributed by atoms with Gasteiger partial charge in [0.25, 0.3) is 11.6 Å². The SMILES string of the molecule is CC[C@@H](CO)NC(=O)c1cccc([N+](=O)[O-])c1C. The van der Waals surface area contributed by atoms with Crippen LogP contribution in [0.1, 0.15) is 29.3 Å². The number of amides is 1. The summed E-state index contributed by atoms with van der Waals surface area (Å²) in [6, 6.07) is 4.02. The average Bonchev–Trinajstić information content (AvgIpc) is 2.35. The molecule has 1 rings (SSSR count). The number of nitro benzene ring substituents is 1. The largest absolute Gasteiger partial charge is 0.394 e. The number of carbonyl (C=O) groups excluding carboxylic acids is 1. The summed E-state index contributed by atoms with van der Waals surface area (Å²) in [7, 11) is 0. The minimum absolute atomic E-state index is 0.0836. The fourth-order valence-corrected chi connectivity index (χ4v) is 1.61. The van der Waals surface area contributed by atoms with Gasteiger partial charge in [0, 0.05) is 17.2 Å². The normalized spacial score (nSPS) is 11.9. The molecule has 0 aliphatic rings. The van der Waals surface area contributed by atoms with Crippen LogP contribution in [0.2, 0.25) is 0 Å². The molecule has 0 saturated carbocycles. The molecule has 18 heavy (non-hydrogen) atoms. The summed E-state index contributed by atoms with van der Waals surface area (Å²) in [5.74, 6) is -0.405. The molecule has 1 amide bonds. The van der Waals surface area contributed by atoms with E-state index >= 15 is 0 Å². The molecule has 0 fully saturated rings. The first-order valence-corrected chi connectivity index (χ1v) is 5.67. The van der Waals surface area contributed by atoms with Gasteiger partial charge >= 0.3 is 0 Å². The Balaban J connectivity index is 2.99.